The van der Waals surface area contributed by atoms with Gasteiger partial charge in [-0.25, -0.2) is 9.78 Å². The van der Waals surface area contributed by atoms with Crippen molar-refractivity contribution in [1.29, 1.82) is 0 Å². The summed E-state index contributed by atoms with van der Waals surface area (Å²) in [5.74, 6) is -0.220. The van der Waals surface area contributed by atoms with E-state index in [4.69, 9.17) is 16.0 Å². The number of halogens is 1. The van der Waals surface area contributed by atoms with Crippen LogP contribution >= 0.6 is 22.9 Å². The second-order valence-electron chi connectivity index (χ2n) is 5.84. The van der Waals surface area contributed by atoms with Gasteiger partial charge in [0.1, 0.15) is 0 Å². The minimum absolute atomic E-state index is 0.184. The summed E-state index contributed by atoms with van der Waals surface area (Å²) in [4.78, 5) is 28.5. The Morgan fingerprint density at radius 1 is 1.25 bits per heavy atom. The molecule has 3 rings (SSSR count). The van der Waals surface area contributed by atoms with E-state index in [1.165, 1.54) is 6.26 Å². The molecule has 0 spiro atoms. The van der Waals surface area contributed by atoms with Crippen molar-refractivity contribution in [2.45, 2.75) is 19.8 Å². The number of hydrogen-bond donors (Lipinski definition) is 3. The SMILES string of the molecule is CCc1nc(CCNC(=O)Nc2ccc(NC(=O)c3ccco3)c(Cl)c2)cs1. The molecule has 7 nitrogen and oxygen atoms in total. The molecule has 0 saturated heterocycles. The number of aromatic nitrogens is 1. The molecule has 0 fully saturated rings. The molecule has 0 aliphatic carbocycles. The van der Waals surface area contributed by atoms with Gasteiger partial charge in [-0.3, -0.25) is 4.79 Å². The average molecular weight is 419 g/mol. The highest BCUT2D eigenvalue weighted by molar-refractivity contribution is 7.09. The Kier molecular flexibility index (Phi) is 6.67. The summed E-state index contributed by atoms with van der Waals surface area (Å²) in [5, 5.41) is 11.5. The first-order valence-electron chi connectivity index (χ1n) is 8.67. The molecule has 3 amide bonds. The van der Waals surface area contributed by atoms with Gasteiger partial charge in [-0.2, -0.15) is 0 Å². The van der Waals surface area contributed by atoms with Crippen LogP contribution in [0.1, 0.15) is 28.2 Å². The Bertz CT molecular complexity index is 956. The van der Waals surface area contributed by atoms with Crippen molar-refractivity contribution in [3.63, 3.8) is 0 Å². The number of nitrogens with one attached hydrogen (secondary N) is 3. The van der Waals surface area contributed by atoms with E-state index in [-0.39, 0.29) is 11.8 Å². The second kappa shape index (κ2) is 9.38. The van der Waals surface area contributed by atoms with Gasteiger partial charge >= 0.3 is 6.03 Å². The van der Waals surface area contributed by atoms with Crippen LogP contribution in [-0.2, 0) is 12.8 Å². The number of aryl methyl sites for hydroxylation is 1. The van der Waals surface area contributed by atoms with Crippen molar-refractivity contribution in [2.24, 2.45) is 0 Å². The summed E-state index contributed by atoms with van der Waals surface area (Å²) in [7, 11) is 0. The van der Waals surface area contributed by atoms with E-state index >= 15 is 0 Å². The van der Waals surface area contributed by atoms with Crippen molar-refractivity contribution in [3.8, 4) is 0 Å². The van der Waals surface area contributed by atoms with Crippen molar-refractivity contribution in [3.05, 3.63) is 63.5 Å². The third kappa shape index (κ3) is 5.34. The zero-order valence-corrected chi connectivity index (χ0v) is 16.7. The first kappa shape index (κ1) is 19.9. The highest BCUT2D eigenvalue weighted by Gasteiger charge is 2.12. The lowest BCUT2D eigenvalue weighted by atomic mass is 10.2. The van der Waals surface area contributed by atoms with Gasteiger partial charge in [-0.15, -0.1) is 11.3 Å². The van der Waals surface area contributed by atoms with Gasteiger partial charge in [0.2, 0.25) is 0 Å². The van der Waals surface area contributed by atoms with Crippen molar-refractivity contribution >= 4 is 46.3 Å². The number of furan rings is 1. The van der Waals surface area contributed by atoms with Gasteiger partial charge in [0.15, 0.2) is 5.76 Å². The maximum atomic E-state index is 12.0. The van der Waals surface area contributed by atoms with Crippen molar-refractivity contribution in [1.82, 2.24) is 10.3 Å². The summed E-state index contributed by atoms with van der Waals surface area (Å²) in [5.41, 5.74) is 1.91. The molecule has 0 radical (unpaired) electrons. The van der Waals surface area contributed by atoms with Gasteiger partial charge < -0.3 is 20.4 Å². The van der Waals surface area contributed by atoms with Gasteiger partial charge in [-0.05, 0) is 36.8 Å². The molecule has 3 N–H and O–H groups in total. The van der Waals surface area contributed by atoms with E-state index in [9.17, 15) is 9.59 Å². The van der Waals surface area contributed by atoms with Crippen LogP contribution in [-0.4, -0.2) is 23.5 Å². The summed E-state index contributed by atoms with van der Waals surface area (Å²) in [6, 6.07) is 7.66. The van der Waals surface area contributed by atoms with Crippen LogP contribution in [0.2, 0.25) is 5.02 Å². The number of anilines is 2. The maximum absolute atomic E-state index is 12.0. The Hall–Kier alpha value is -2.84. The van der Waals surface area contributed by atoms with E-state index in [1.54, 1.807) is 41.7 Å². The highest BCUT2D eigenvalue weighted by Crippen LogP contribution is 2.26. The number of amides is 3. The largest absolute Gasteiger partial charge is 0.459 e. The molecular weight excluding hydrogens is 400 g/mol. The van der Waals surface area contributed by atoms with E-state index < -0.39 is 5.91 Å². The van der Waals surface area contributed by atoms with E-state index in [0.717, 1.165) is 17.1 Å². The van der Waals surface area contributed by atoms with Gasteiger partial charge in [0.25, 0.3) is 5.91 Å². The lowest BCUT2D eigenvalue weighted by Crippen LogP contribution is -2.30. The van der Waals surface area contributed by atoms with Crippen molar-refractivity contribution < 1.29 is 14.0 Å². The number of carbonyl (C=O) groups excluding carboxylic acids is 2. The lowest BCUT2D eigenvalue weighted by molar-refractivity contribution is 0.0996. The zero-order valence-electron chi connectivity index (χ0n) is 15.1. The Balaban J connectivity index is 1.49. The van der Waals surface area contributed by atoms with Crippen LogP contribution in [0, 0.1) is 0 Å². The number of nitrogens with zero attached hydrogens (tertiary/aromatic N) is 1. The predicted molar refractivity (Wildman–Crippen MR) is 110 cm³/mol. The molecule has 9 heteroatoms. The van der Waals surface area contributed by atoms with Crippen LogP contribution < -0.4 is 16.0 Å². The summed E-state index contributed by atoms with van der Waals surface area (Å²) in [6.07, 6.45) is 3.00. The predicted octanol–water partition coefficient (Wildman–Crippen LogP) is 4.57. The monoisotopic (exact) mass is 418 g/mol. The fraction of sp³-hybridized carbons (Fsp3) is 0.211. The third-order valence-electron chi connectivity index (χ3n) is 3.79. The summed E-state index contributed by atoms with van der Waals surface area (Å²) < 4.78 is 5.04. The molecule has 0 bridgehead atoms. The molecule has 0 unspecified atom stereocenters. The summed E-state index contributed by atoms with van der Waals surface area (Å²) >= 11 is 7.82. The number of thiazole rings is 1. The molecule has 3 aromatic rings. The molecule has 0 aliphatic heterocycles. The van der Waals surface area contributed by atoms with E-state index in [1.807, 2.05) is 5.38 Å². The molecule has 146 valence electrons. The Labute approximate surface area is 171 Å². The van der Waals surface area contributed by atoms with E-state index in [0.29, 0.717) is 29.4 Å². The minimum atomic E-state index is -0.404. The smallest absolute Gasteiger partial charge is 0.319 e. The molecule has 1 aromatic carbocycles. The van der Waals surface area contributed by atoms with Gasteiger partial charge in [0, 0.05) is 24.0 Å². The fourth-order valence-corrected chi connectivity index (χ4v) is 3.40. The molecule has 2 aromatic heterocycles. The number of benzene rings is 1. The normalized spacial score (nSPS) is 10.5. The van der Waals surface area contributed by atoms with Crippen LogP contribution in [0.5, 0.6) is 0 Å². The first-order valence-corrected chi connectivity index (χ1v) is 9.93. The molecule has 0 aliphatic rings. The number of hydrogen-bond acceptors (Lipinski definition) is 5. The van der Waals surface area contributed by atoms with Crippen molar-refractivity contribution in [2.75, 3.05) is 17.2 Å². The van der Waals surface area contributed by atoms with Crippen LogP contribution in [0.3, 0.4) is 0 Å². The molecule has 0 saturated carbocycles. The average Bonchev–Trinajstić information content (AvgIpc) is 3.35. The molecule has 0 atom stereocenters. The van der Waals surface area contributed by atoms with Crippen LogP contribution in [0.15, 0.2) is 46.4 Å². The Morgan fingerprint density at radius 3 is 2.79 bits per heavy atom. The lowest BCUT2D eigenvalue weighted by Gasteiger charge is -2.10. The first-order chi connectivity index (χ1) is 13.5. The topological polar surface area (TPSA) is 96.3 Å². The minimum Gasteiger partial charge on any atom is -0.459 e. The third-order valence-corrected chi connectivity index (χ3v) is 5.14. The van der Waals surface area contributed by atoms with Crippen LogP contribution in [0.25, 0.3) is 0 Å². The number of carbonyl (C=O) groups is 2. The number of urea groups is 1. The van der Waals surface area contributed by atoms with Gasteiger partial charge in [0.05, 0.1) is 27.7 Å². The van der Waals surface area contributed by atoms with Gasteiger partial charge in [-0.1, -0.05) is 18.5 Å². The highest BCUT2D eigenvalue weighted by atomic mass is 35.5. The number of rotatable bonds is 7. The standard InChI is InChI=1S/C19H19ClN4O3S/c1-2-17-22-13(11-28-17)7-8-21-19(26)23-12-5-6-15(14(20)10-12)24-18(25)16-4-3-9-27-16/h3-6,9-11H,2,7-8H2,1H3,(H,24,25)(H2,21,23,26). The fourth-order valence-electron chi connectivity index (χ4n) is 2.39. The molecule has 28 heavy (non-hydrogen) atoms. The summed E-state index contributed by atoms with van der Waals surface area (Å²) in [6.45, 7) is 2.54. The second-order valence-corrected chi connectivity index (χ2v) is 7.19. The molecular formula is C19H19ClN4O3S. The molecule has 2 heterocycles. The quantitative estimate of drug-likeness (QED) is 0.523. The Morgan fingerprint density at radius 2 is 2.11 bits per heavy atom. The zero-order chi connectivity index (χ0) is 19.9. The maximum Gasteiger partial charge on any atom is 0.319 e. The van der Waals surface area contributed by atoms with Crippen LogP contribution in [0.4, 0.5) is 16.2 Å². The van der Waals surface area contributed by atoms with E-state index in [2.05, 4.69) is 27.9 Å².